The van der Waals surface area contributed by atoms with E-state index in [1.807, 2.05) is 68.4 Å². The summed E-state index contributed by atoms with van der Waals surface area (Å²) in [6, 6.07) is 16.9. The lowest BCUT2D eigenvalue weighted by Crippen LogP contribution is -2.39. The van der Waals surface area contributed by atoms with Gasteiger partial charge in [0.2, 0.25) is 11.8 Å². The number of aromatic nitrogens is 4. The molecule has 0 radical (unpaired) electrons. The fourth-order valence-corrected chi connectivity index (χ4v) is 4.34. The van der Waals surface area contributed by atoms with E-state index in [0.717, 1.165) is 28.7 Å². The maximum Gasteiger partial charge on any atom is 0.262 e. The zero-order valence-electron chi connectivity index (χ0n) is 19.5. The van der Waals surface area contributed by atoms with Crippen molar-refractivity contribution in [2.75, 3.05) is 24.2 Å². The van der Waals surface area contributed by atoms with Gasteiger partial charge in [0.25, 0.3) is 5.56 Å². The highest BCUT2D eigenvalue weighted by molar-refractivity contribution is 7.99. The van der Waals surface area contributed by atoms with Gasteiger partial charge >= 0.3 is 0 Å². The molecule has 35 heavy (non-hydrogen) atoms. The highest BCUT2D eigenvalue weighted by atomic mass is 32.2. The van der Waals surface area contributed by atoms with E-state index in [1.165, 1.54) is 11.1 Å². The molecule has 9 nitrogen and oxygen atoms in total. The molecular formula is C25H26N6O3S. The lowest BCUT2D eigenvalue weighted by molar-refractivity contribution is -0.132. The van der Waals surface area contributed by atoms with Gasteiger partial charge in [-0.2, -0.15) is 5.10 Å². The Morgan fingerprint density at radius 3 is 2.60 bits per heavy atom. The quantitative estimate of drug-likeness (QED) is 0.275. The summed E-state index contributed by atoms with van der Waals surface area (Å²) in [4.78, 5) is 46.8. The predicted octanol–water partition coefficient (Wildman–Crippen LogP) is 3.39. The number of H-pyrrole nitrogens is 1. The number of aromatic amines is 1. The molecule has 0 saturated heterocycles. The van der Waals surface area contributed by atoms with E-state index in [9.17, 15) is 14.4 Å². The highest BCUT2D eigenvalue weighted by Crippen LogP contribution is 2.18. The van der Waals surface area contributed by atoms with E-state index < -0.39 is 0 Å². The van der Waals surface area contributed by atoms with Gasteiger partial charge in [0.05, 0.1) is 24.2 Å². The molecule has 0 aliphatic carbocycles. The molecule has 0 saturated carbocycles. The second-order valence-electron chi connectivity index (χ2n) is 7.97. The molecule has 0 aliphatic rings. The SMILES string of the molecule is CCCN(CC(=O)Nc1ccccc1C)C(=O)CSc1nc2c(cnn2-c2ccccc2)c(=O)[nH]1. The second kappa shape index (κ2) is 11.0. The highest BCUT2D eigenvalue weighted by Gasteiger charge is 2.19. The van der Waals surface area contributed by atoms with Crippen LogP contribution in [0.4, 0.5) is 5.69 Å². The Morgan fingerprint density at radius 1 is 1.11 bits per heavy atom. The Balaban J connectivity index is 1.45. The second-order valence-corrected chi connectivity index (χ2v) is 8.93. The van der Waals surface area contributed by atoms with Gasteiger partial charge in [-0.05, 0) is 37.1 Å². The number of rotatable bonds is 9. The lowest BCUT2D eigenvalue weighted by Gasteiger charge is -2.21. The third-order valence-electron chi connectivity index (χ3n) is 5.35. The Hall–Kier alpha value is -3.92. The number of nitrogens with zero attached hydrogens (tertiary/aromatic N) is 4. The summed E-state index contributed by atoms with van der Waals surface area (Å²) in [5.41, 5.74) is 2.54. The van der Waals surface area contributed by atoms with Crippen LogP contribution in [0.5, 0.6) is 0 Å². The van der Waals surface area contributed by atoms with E-state index in [1.54, 1.807) is 4.68 Å². The molecule has 2 aromatic carbocycles. The number of hydrogen-bond donors (Lipinski definition) is 2. The number of anilines is 1. The molecule has 0 fully saturated rings. The van der Waals surface area contributed by atoms with Crippen molar-refractivity contribution in [1.29, 1.82) is 0 Å². The molecule has 2 aromatic heterocycles. The van der Waals surface area contributed by atoms with Gasteiger partial charge in [-0.1, -0.05) is 55.1 Å². The molecule has 10 heteroatoms. The van der Waals surface area contributed by atoms with Crippen molar-refractivity contribution < 1.29 is 9.59 Å². The Bertz CT molecular complexity index is 1400. The fraction of sp³-hybridized carbons (Fsp3) is 0.240. The zero-order chi connectivity index (χ0) is 24.8. The van der Waals surface area contributed by atoms with Crippen LogP contribution in [0.15, 0.2) is 70.7 Å². The third-order valence-corrected chi connectivity index (χ3v) is 6.21. The standard InChI is InChI=1S/C25H26N6O3S/c1-3-13-30(15-21(32)27-20-12-8-7-9-17(20)2)22(33)16-35-25-28-23-19(24(34)29-25)14-26-31(23)18-10-5-4-6-11-18/h4-12,14H,3,13,15-16H2,1-2H3,(H,27,32)(H,28,29,34). The first-order chi connectivity index (χ1) is 17.0. The fourth-order valence-electron chi connectivity index (χ4n) is 3.58. The summed E-state index contributed by atoms with van der Waals surface area (Å²) >= 11 is 1.12. The summed E-state index contributed by atoms with van der Waals surface area (Å²) in [6.45, 7) is 4.26. The summed E-state index contributed by atoms with van der Waals surface area (Å²) in [5, 5.41) is 7.84. The van der Waals surface area contributed by atoms with Gasteiger partial charge in [-0.15, -0.1) is 0 Å². The van der Waals surface area contributed by atoms with Crippen LogP contribution in [0, 0.1) is 6.92 Å². The van der Waals surface area contributed by atoms with Crippen molar-refractivity contribution in [1.82, 2.24) is 24.6 Å². The molecule has 0 spiro atoms. The minimum absolute atomic E-state index is 0.0333. The first-order valence-corrected chi connectivity index (χ1v) is 12.2. The first-order valence-electron chi connectivity index (χ1n) is 11.3. The van der Waals surface area contributed by atoms with E-state index in [4.69, 9.17) is 0 Å². The van der Waals surface area contributed by atoms with Crippen molar-refractivity contribution in [3.05, 3.63) is 76.7 Å². The van der Waals surface area contributed by atoms with Gasteiger partial charge in [0, 0.05) is 12.2 Å². The average Bonchev–Trinajstić information content (AvgIpc) is 3.29. The maximum atomic E-state index is 12.9. The Morgan fingerprint density at radius 2 is 1.86 bits per heavy atom. The third kappa shape index (κ3) is 5.78. The topological polar surface area (TPSA) is 113 Å². The normalized spacial score (nSPS) is 10.9. The van der Waals surface area contributed by atoms with Crippen molar-refractivity contribution in [2.45, 2.75) is 25.4 Å². The van der Waals surface area contributed by atoms with Crippen LogP contribution in [0.2, 0.25) is 0 Å². The van der Waals surface area contributed by atoms with Crippen molar-refractivity contribution in [2.24, 2.45) is 0 Å². The zero-order valence-corrected chi connectivity index (χ0v) is 20.3. The summed E-state index contributed by atoms with van der Waals surface area (Å²) in [7, 11) is 0. The smallest absolute Gasteiger partial charge is 0.262 e. The number of fused-ring (bicyclic) bond motifs is 1. The minimum atomic E-state index is -0.324. The van der Waals surface area contributed by atoms with Gasteiger partial charge < -0.3 is 15.2 Å². The molecule has 0 unspecified atom stereocenters. The molecule has 0 aliphatic heterocycles. The van der Waals surface area contributed by atoms with Gasteiger partial charge in [-0.25, -0.2) is 9.67 Å². The van der Waals surface area contributed by atoms with Crippen LogP contribution in [0.1, 0.15) is 18.9 Å². The maximum absolute atomic E-state index is 12.9. The molecule has 0 bridgehead atoms. The van der Waals surface area contributed by atoms with Crippen LogP contribution in [-0.2, 0) is 9.59 Å². The number of carbonyl (C=O) groups excluding carboxylic acids is 2. The van der Waals surface area contributed by atoms with E-state index in [0.29, 0.717) is 29.2 Å². The number of carbonyl (C=O) groups is 2. The summed E-state index contributed by atoms with van der Waals surface area (Å²) in [5.74, 6) is -0.437. The monoisotopic (exact) mass is 490 g/mol. The number of para-hydroxylation sites is 2. The molecular weight excluding hydrogens is 464 g/mol. The molecule has 2 heterocycles. The molecule has 2 amide bonds. The lowest BCUT2D eigenvalue weighted by atomic mass is 10.2. The minimum Gasteiger partial charge on any atom is -0.333 e. The number of hydrogen-bond acceptors (Lipinski definition) is 6. The largest absolute Gasteiger partial charge is 0.333 e. The molecule has 180 valence electrons. The molecule has 4 rings (SSSR count). The van der Waals surface area contributed by atoms with Crippen LogP contribution >= 0.6 is 11.8 Å². The predicted molar refractivity (Wildman–Crippen MR) is 137 cm³/mol. The van der Waals surface area contributed by atoms with E-state index in [2.05, 4.69) is 20.4 Å². The van der Waals surface area contributed by atoms with Gasteiger partial charge in [0.1, 0.15) is 5.39 Å². The summed E-state index contributed by atoms with van der Waals surface area (Å²) in [6.07, 6.45) is 2.19. The van der Waals surface area contributed by atoms with Crippen LogP contribution in [0.25, 0.3) is 16.7 Å². The van der Waals surface area contributed by atoms with E-state index >= 15 is 0 Å². The van der Waals surface area contributed by atoms with Crippen molar-refractivity contribution in [3.8, 4) is 5.69 Å². The first kappa shape index (κ1) is 24.2. The number of aryl methyl sites for hydroxylation is 1. The van der Waals surface area contributed by atoms with Crippen molar-refractivity contribution in [3.63, 3.8) is 0 Å². The molecule has 4 aromatic rings. The Kier molecular flexibility index (Phi) is 7.61. The van der Waals surface area contributed by atoms with Gasteiger partial charge in [-0.3, -0.25) is 14.4 Å². The molecule has 2 N–H and O–H groups in total. The summed E-state index contributed by atoms with van der Waals surface area (Å²) < 4.78 is 1.59. The van der Waals surface area contributed by atoms with Crippen LogP contribution in [-0.4, -0.2) is 55.3 Å². The molecule has 0 atom stereocenters. The van der Waals surface area contributed by atoms with Crippen LogP contribution in [0.3, 0.4) is 0 Å². The number of benzene rings is 2. The Labute approximate surface area is 206 Å². The average molecular weight is 491 g/mol. The van der Waals surface area contributed by atoms with Gasteiger partial charge in [0.15, 0.2) is 10.8 Å². The number of nitrogens with one attached hydrogen (secondary N) is 2. The van der Waals surface area contributed by atoms with Crippen molar-refractivity contribution >= 4 is 40.3 Å². The van der Waals surface area contributed by atoms with E-state index in [-0.39, 0.29) is 29.7 Å². The number of amides is 2. The van der Waals surface area contributed by atoms with Crippen LogP contribution < -0.4 is 10.9 Å². The number of thioether (sulfide) groups is 1.